The van der Waals surface area contributed by atoms with Crippen LogP contribution in [0, 0.1) is 13.8 Å². The Morgan fingerprint density at radius 3 is 2.44 bits per heavy atom. The van der Waals surface area contributed by atoms with Crippen LogP contribution < -0.4 is 10.5 Å². The Kier molecular flexibility index (Phi) is 3.34. The molecule has 2 aromatic rings. The molecule has 2 rings (SSSR count). The van der Waals surface area contributed by atoms with Gasteiger partial charge in [0.25, 0.3) is 0 Å². The van der Waals surface area contributed by atoms with E-state index in [2.05, 4.69) is 27.1 Å². The molecule has 96 valence electrons. The highest BCUT2D eigenvalue weighted by Gasteiger charge is 2.16. The van der Waals surface area contributed by atoms with E-state index in [4.69, 9.17) is 10.5 Å². The van der Waals surface area contributed by atoms with Crippen molar-refractivity contribution >= 4 is 21.7 Å². The monoisotopic (exact) mass is 309 g/mol. The van der Waals surface area contributed by atoms with Crippen molar-refractivity contribution in [2.24, 2.45) is 7.05 Å². The van der Waals surface area contributed by atoms with Gasteiger partial charge in [0.05, 0.1) is 17.3 Å². The summed E-state index contributed by atoms with van der Waals surface area (Å²) >= 11 is 3.49. The number of benzene rings is 1. The van der Waals surface area contributed by atoms with E-state index in [9.17, 15) is 0 Å². The summed E-state index contributed by atoms with van der Waals surface area (Å²) in [4.78, 5) is 0. The fourth-order valence-electron chi connectivity index (χ4n) is 2.08. The van der Waals surface area contributed by atoms with Gasteiger partial charge in [-0.05, 0) is 53.0 Å². The molecular weight excluding hydrogens is 294 g/mol. The highest BCUT2D eigenvalue weighted by atomic mass is 79.9. The molecule has 0 unspecified atom stereocenters. The third-order valence-corrected chi connectivity index (χ3v) is 3.79. The van der Waals surface area contributed by atoms with Gasteiger partial charge in [-0.25, -0.2) is 0 Å². The minimum Gasteiger partial charge on any atom is -0.496 e. The highest BCUT2D eigenvalue weighted by molar-refractivity contribution is 9.10. The molecule has 1 aromatic carbocycles. The number of ether oxygens (including phenoxy) is 1. The molecule has 0 bridgehead atoms. The van der Waals surface area contributed by atoms with E-state index in [0.717, 1.165) is 32.6 Å². The largest absolute Gasteiger partial charge is 0.496 e. The van der Waals surface area contributed by atoms with Crippen molar-refractivity contribution in [1.82, 2.24) is 9.78 Å². The number of nitrogens with two attached hydrogens (primary N) is 1. The number of nitrogens with zero attached hydrogens (tertiary/aromatic N) is 2. The smallest absolute Gasteiger partial charge is 0.160 e. The maximum absolute atomic E-state index is 5.82. The molecule has 18 heavy (non-hydrogen) atoms. The van der Waals surface area contributed by atoms with Crippen LogP contribution in [0.2, 0.25) is 0 Å². The van der Waals surface area contributed by atoms with Crippen LogP contribution in [0.4, 0.5) is 5.82 Å². The van der Waals surface area contributed by atoms with Crippen molar-refractivity contribution in [3.8, 4) is 17.0 Å². The number of aryl methyl sites for hydroxylation is 3. The molecule has 0 spiro atoms. The molecule has 0 aliphatic heterocycles. The van der Waals surface area contributed by atoms with Crippen molar-refractivity contribution in [2.45, 2.75) is 13.8 Å². The first-order valence-electron chi connectivity index (χ1n) is 5.59. The minimum atomic E-state index is 0.500. The second kappa shape index (κ2) is 4.65. The zero-order chi connectivity index (χ0) is 13.4. The molecule has 1 heterocycles. The summed E-state index contributed by atoms with van der Waals surface area (Å²) in [5, 5.41) is 4.22. The van der Waals surface area contributed by atoms with Gasteiger partial charge in [-0.3, -0.25) is 4.68 Å². The molecule has 0 aliphatic carbocycles. The lowest BCUT2D eigenvalue weighted by Crippen LogP contribution is -1.97. The quantitative estimate of drug-likeness (QED) is 0.927. The fraction of sp³-hybridized carbons (Fsp3) is 0.308. The van der Waals surface area contributed by atoms with Crippen LogP contribution in [0.5, 0.6) is 5.75 Å². The summed E-state index contributed by atoms with van der Waals surface area (Å²) in [6.07, 6.45) is 0. The maximum Gasteiger partial charge on any atom is 0.160 e. The maximum atomic E-state index is 5.82. The molecule has 5 heteroatoms. The fourth-order valence-corrected chi connectivity index (χ4v) is 2.63. The Balaban J connectivity index is 2.68. The van der Waals surface area contributed by atoms with Crippen molar-refractivity contribution < 1.29 is 4.74 Å². The zero-order valence-electron chi connectivity index (χ0n) is 10.9. The van der Waals surface area contributed by atoms with Gasteiger partial charge in [-0.15, -0.1) is 0 Å². The predicted molar refractivity (Wildman–Crippen MR) is 76.8 cm³/mol. The van der Waals surface area contributed by atoms with Crippen LogP contribution in [-0.4, -0.2) is 16.9 Å². The van der Waals surface area contributed by atoms with Crippen LogP contribution in [0.25, 0.3) is 11.3 Å². The van der Waals surface area contributed by atoms with E-state index in [-0.39, 0.29) is 0 Å². The first-order chi connectivity index (χ1) is 8.45. The van der Waals surface area contributed by atoms with Gasteiger partial charge in [0.2, 0.25) is 0 Å². The van der Waals surface area contributed by atoms with Gasteiger partial charge in [0, 0.05) is 12.6 Å². The number of aromatic nitrogens is 2. The first kappa shape index (κ1) is 13.0. The van der Waals surface area contributed by atoms with E-state index in [1.54, 1.807) is 11.8 Å². The number of rotatable bonds is 2. The number of nitrogen functional groups attached to an aromatic ring is 1. The first-order valence-corrected chi connectivity index (χ1v) is 6.38. The van der Waals surface area contributed by atoms with Crippen molar-refractivity contribution in [1.29, 1.82) is 0 Å². The summed E-state index contributed by atoms with van der Waals surface area (Å²) in [7, 11) is 3.56. The Labute approximate surface area is 115 Å². The van der Waals surface area contributed by atoms with Gasteiger partial charge in [0.15, 0.2) is 5.82 Å². The van der Waals surface area contributed by atoms with Gasteiger partial charge in [-0.1, -0.05) is 0 Å². The second-order valence-corrected chi connectivity index (χ2v) is 5.10. The van der Waals surface area contributed by atoms with E-state index in [0.29, 0.717) is 5.82 Å². The lowest BCUT2D eigenvalue weighted by Gasteiger charge is -2.12. The SMILES string of the molecule is COc1cc(C)c(-c2c(Br)c(N)nn2C)cc1C. The molecule has 4 nitrogen and oxygen atoms in total. The van der Waals surface area contributed by atoms with Crippen LogP contribution in [0.15, 0.2) is 16.6 Å². The Hall–Kier alpha value is -1.49. The van der Waals surface area contributed by atoms with Gasteiger partial charge in [-0.2, -0.15) is 5.10 Å². The molecule has 0 amide bonds. The Bertz CT molecular complexity index is 605. The Morgan fingerprint density at radius 2 is 1.94 bits per heavy atom. The van der Waals surface area contributed by atoms with Crippen LogP contribution in [-0.2, 0) is 7.05 Å². The molecular formula is C13H16BrN3O. The third kappa shape index (κ3) is 1.99. The molecule has 1 aromatic heterocycles. The van der Waals surface area contributed by atoms with Crippen molar-refractivity contribution in [3.63, 3.8) is 0 Å². The summed E-state index contributed by atoms with van der Waals surface area (Å²) in [5.74, 6) is 1.39. The van der Waals surface area contributed by atoms with Gasteiger partial charge in [0.1, 0.15) is 5.75 Å². The number of hydrogen-bond donors (Lipinski definition) is 1. The summed E-state index contributed by atoms with van der Waals surface area (Å²) in [5.41, 5.74) is 10.1. The molecule has 0 radical (unpaired) electrons. The van der Waals surface area contributed by atoms with Crippen LogP contribution >= 0.6 is 15.9 Å². The van der Waals surface area contributed by atoms with Crippen LogP contribution in [0.3, 0.4) is 0 Å². The molecule has 0 saturated carbocycles. The van der Waals surface area contributed by atoms with E-state index < -0.39 is 0 Å². The molecule has 2 N–H and O–H groups in total. The molecule has 0 aliphatic rings. The average Bonchev–Trinajstić information content (AvgIpc) is 2.56. The average molecular weight is 310 g/mol. The number of hydrogen-bond acceptors (Lipinski definition) is 3. The predicted octanol–water partition coefficient (Wildman–Crippen LogP) is 3.06. The van der Waals surface area contributed by atoms with E-state index in [1.165, 1.54) is 0 Å². The van der Waals surface area contributed by atoms with Crippen molar-refractivity contribution in [3.05, 3.63) is 27.7 Å². The highest BCUT2D eigenvalue weighted by Crippen LogP contribution is 2.36. The second-order valence-electron chi connectivity index (χ2n) is 4.31. The lowest BCUT2D eigenvalue weighted by molar-refractivity contribution is 0.411. The summed E-state index contributed by atoms with van der Waals surface area (Å²) in [6, 6.07) is 4.12. The Morgan fingerprint density at radius 1 is 1.28 bits per heavy atom. The topological polar surface area (TPSA) is 53.1 Å². The van der Waals surface area contributed by atoms with E-state index in [1.807, 2.05) is 27.0 Å². The zero-order valence-corrected chi connectivity index (χ0v) is 12.5. The minimum absolute atomic E-state index is 0.500. The lowest BCUT2D eigenvalue weighted by atomic mass is 10.0. The van der Waals surface area contributed by atoms with Gasteiger partial charge >= 0.3 is 0 Å². The standard InChI is InChI=1S/C13H16BrN3O/c1-7-6-10(18-4)8(2)5-9(7)12-11(14)13(15)16-17(12)3/h5-6H,1-4H3,(H2,15,16). The number of methoxy groups -OCH3 is 1. The summed E-state index contributed by atoms with van der Waals surface area (Å²) in [6.45, 7) is 4.07. The van der Waals surface area contributed by atoms with E-state index >= 15 is 0 Å². The number of halogens is 1. The molecule has 0 saturated heterocycles. The normalized spacial score (nSPS) is 10.7. The summed E-state index contributed by atoms with van der Waals surface area (Å²) < 4.78 is 7.94. The molecule has 0 fully saturated rings. The van der Waals surface area contributed by atoms with Gasteiger partial charge < -0.3 is 10.5 Å². The van der Waals surface area contributed by atoms with Crippen LogP contribution in [0.1, 0.15) is 11.1 Å². The van der Waals surface area contributed by atoms with Crippen molar-refractivity contribution in [2.75, 3.05) is 12.8 Å². The molecule has 0 atom stereocenters. The third-order valence-electron chi connectivity index (χ3n) is 3.01. The number of anilines is 1.